The highest BCUT2D eigenvalue weighted by Crippen LogP contribution is 2.20. The standard InChI is InChI=1S/C13H19N3O4/c1-2-5-16(9-12(18)19)13(20)15-6-3-10(4-7-15)8-11(14)17/h1,10H,3-9H2,(H2,14,17)(H,18,19). The minimum atomic E-state index is -1.10. The third-order valence-corrected chi connectivity index (χ3v) is 3.25. The molecule has 1 heterocycles. The molecule has 0 atom stereocenters. The van der Waals surface area contributed by atoms with E-state index in [0.29, 0.717) is 32.4 Å². The Balaban J connectivity index is 2.53. The number of likely N-dealkylation sites (tertiary alicyclic amines) is 1. The van der Waals surface area contributed by atoms with E-state index in [9.17, 15) is 14.4 Å². The Hall–Kier alpha value is -2.23. The van der Waals surface area contributed by atoms with Gasteiger partial charge in [-0.25, -0.2) is 4.79 Å². The Labute approximate surface area is 117 Å². The number of primary amides is 1. The van der Waals surface area contributed by atoms with Gasteiger partial charge in [0.1, 0.15) is 6.54 Å². The van der Waals surface area contributed by atoms with E-state index in [0.717, 1.165) is 4.90 Å². The van der Waals surface area contributed by atoms with Crippen LogP contribution in [0.15, 0.2) is 0 Å². The van der Waals surface area contributed by atoms with Crippen LogP contribution in [0.4, 0.5) is 4.79 Å². The smallest absolute Gasteiger partial charge is 0.323 e. The molecule has 0 spiro atoms. The Kier molecular flexibility index (Phi) is 5.84. The maximum absolute atomic E-state index is 12.2. The van der Waals surface area contributed by atoms with Crippen LogP contribution in [0.2, 0.25) is 0 Å². The van der Waals surface area contributed by atoms with Gasteiger partial charge in [0.15, 0.2) is 0 Å². The van der Waals surface area contributed by atoms with E-state index in [4.69, 9.17) is 17.3 Å². The summed E-state index contributed by atoms with van der Waals surface area (Å²) in [6.07, 6.45) is 6.84. The molecule has 7 nitrogen and oxygen atoms in total. The third kappa shape index (κ3) is 4.80. The lowest BCUT2D eigenvalue weighted by Gasteiger charge is -2.34. The van der Waals surface area contributed by atoms with Crippen molar-refractivity contribution in [2.24, 2.45) is 11.7 Å². The fourth-order valence-corrected chi connectivity index (χ4v) is 2.28. The Bertz CT molecular complexity index is 422. The predicted molar refractivity (Wildman–Crippen MR) is 71.5 cm³/mol. The fourth-order valence-electron chi connectivity index (χ4n) is 2.28. The van der Waals surface area contributed by atoms with E-state index in [2.05, 4.69) is 5.92 Å². The third-order valence-electron chi connectivity index (χ3n) is 3.25. The number of carboxylic acid groups (broad SMARTS) is 1. The number of carboxylic acids is 1. The molecule has 0 bridgehead atoms. The highest BCUT2D eigenvalue weighted by Gasteiger charge is 2.27. The molecule has 1 rings (SSSR count). The number of nitrogens with two attached hydrogens (primary N) is 1. The number of hydrogen-bond acceptors (Lipinski definition) is 3. The average Bonchev–Trinajstić information content (AvgIpc) is 2.37. The number of rotatable bonds is 5. The van der Waals surface area contributed by atoms with Gasteiger partial charge in [0, 0.05) is 19.5 Å². The second-order valence-electron chi connectivity index (χ2n) is 4.84. The van der Waals surface area contributed by atoms with Crippen LogP contribution in [0.5, 0.6) is 0 Å². The molecular formula is C13H19N3O4. The monoisotopic (exact) mass is 281 g/mol. The molecule has 1 aliphatic rings. The number of hydrogen-bond donors (Lipinski definition) is 2. The molecule has 1 aliphatic heterocycles. The molecule has 1 saturated heterocycles. The highest BCUT2D eigenvalue weighted by molar-refractivity contribution is 5.80. The molecule has 3 amide bonds. The predicted octanol–water partition coefficient (Wildman–Crippen LogP) is -0.286. The molecule has 0 aliphatic carbocycles. The second kappa shape index (κ2) is 7.38. The average molecular weight is 281 g/mol. The molecule has 0 saturated carbocycles. The zero-order valence-corrected chi connectivity index (χ0v) is 11.2. The van der Waals surface area contributed by atoms with Crippen molar-refractivity contribution in [3.05, 3.63) is 0 Å². The first-order valence-electron chi connectivity index (χ1n) is 6.41. The van der Waals surface area contributed by atoms with Crippen LogP contribution in [0, 0.1) is 18.3 Å². The van der Waals surface area contributed by atoms with Gasteiger partial charge in [-0.1, -0.05) is 5.92 Å². The lowest BCUT2D eigenvalue weighted by atomic mass is 9.93. The van der Waals surface area contributed by atoms with Crippen molar-refractivity contribution in [1.29, 1.82) is 0 Å². The van der Waals surface area contributed by atoms with Crippen molar-refractivity contribution in [3.8, 4) is 12.3 Å². The number of amides is 3. The van der Waals surface area contributed by atoms with Crippen molar-refractivity contribution in [1.82, 2.24) is 9.80 Å². The van der Waals surface area contributed by atoms with Crippen molar-refractivity contribution in [2.75, 3.05) is 26.2 Å². The van der Waals surface area contributed by atoms with Gasteiger partial charge in [-0.3, -0.25) is 9.59 Å². The summed E-state index contributed by atoms with van der Waals surface area (Å²) in [5.41, 5.74) is 5.15. The summed E-state index contributed by atoms with van der Waals surface area (Å²) >= 11 is 0. The molecule has 0 radical (unpaired) electrons. The van der Waals surface area contributed by atoms with Crippen molar-refractivity contribution < 1.29 is 19.5 Å². The Morgan fingerprint density at radius 3 is 2.40 bits per heavy atom. The van der Waals surface area contributed by atoms with Crippen molar-refractivity contribution in [3.63, 3.8) is 0 Å². The normalized spacial score (nSPS) is 15.4. The minimum Gasteiger partial charge on any atom is -0.480 e. The molecule has 7 heteroatoms. The maximum atomic E-state index is 12.2. The molecule has 0 aromatic carbocycles. The summed E-state index contributed by atoms with van der Waals surface area (Å²) < 4.78 is 0. The van der Waals surface area contributed by atoms with Gasteiger partial charge in [-0.05, 0) is 18.8 Å². The van der Waals surface area contributed by atoms with Crippen molar-refractivity contribution in [2.45, 2.75) is 19.3 Å². The summed E-state index contributed by atoms with van der Waals surface area (Å²) in [5, 5.41) is 8.77. The summed E-state index contributed by atoms with van der Waals surface area (Å²) in [6, 6.07) is -0.372. The molecule has 0 aromatic heterocycles. The van der Waals surface area contributed by atoms with Crippen LogP contribution in [0.1, 0.15) is 19.3 Å². The van der Waals surface area contributed by atoms with E-state index in [-0.39, 0.29) is 24.4 Å². The summed E-state index contributed by atoms with van der Waals surface area (Å²) in [4.78, 5) is 36.4. The first-order chi connectivity index (χ1) is 9.43. The number of piperidine rings is 1. The largest absolute Gasteiger partial charge is 0.480 e. The second-order valence-corrected chi connectivity index (χ2v) is 4.84. The van der Waals surface area contributed by atoms with E-state index < -0.39 is 12.5 Å². The van der Waals surface area contributed by atoms with Gasteiger partial charge in [-0.15, -0.1) is 6.42 Å². The zero-order valence-electron chi connectivity index (χ0n) is 11.2. The van der Waals surface area contributed by atoms with E-state index in [1.807, 2.05) is 0 Å². The maximum Gasteiger partial charge on any atom is 0.323 e. The quantitative estimate of drug-likeness (QED) is 0.676. The van der Waals surface area contributed by atoms with E-state index in [1.54, 1.807) is 4.90 Å². The molecular weight excluding hydrogens is 262 g/mol. The number of urea groups is 1. The van der Waals surface area contributed by atoms with E-state index >= 15 is 0 Å². The van der Waals surface area contributed by atoms with Gasteiger partial charge < -0.3 is 20.6 Å². The fraction of sp³-hybridized carbons (Fsp3) is 0.615. The number of aliphatic carboxylic acids is 1. The van der Waals surface area contributed by atoms with Gasteiger partial charge in [0.2, 0.25) is 5.91 Å². The van der Waals surface area contributed by atoms with E-state index in [1.165, 1.54) is 0 Å². The topological polar surface area (TPSA) is 104 Å². The van der Waals surface area contributed by atoms with Gasteiger partial charge in [0.05, 0.1) is 6.54 Å². The summed E-state index contributed by atoms with van der Waals surface area (Å²) in [6.45, 7) is 0.519. The van der Waals surface area contributed by atoms with Crippen LogP contribution in [0.25, 0.3) is 0 Å². The van der Waals surface area contributed by atoms with Crippen LogP contribution in [-0.2, 0) is 9.59 Å². The van der Waals surface area contributed by atoms with Crippen LogP contribution in [-0.4, -0.2) is 59.0 Å². The molecule has 0 aromatic rings. The van der Waals surface area contributed by atoms with Crippen molar-refractivity contribution >= 4 is 17.9 Å². The number of carbonyl (C=O) groups excluding carboxylic acids is 2. The molecule has 3 N–H and O–H groups in total. The lowest BCUT2D eigenvalue weighted by Crippen LogP contribution is -2.48. The summed E-state index contributed by atoms with van der Waals surface area (Å²) in [5.74, 6) is 1.04. The van der Waals surface area contributed by atoms with Gasteiger partial charge in [-0.2, -0.15) is 0 Å². The van der Waals surface area contributed by atoms with Crippen LogP contribution in [0.3, 0.4) is 0 Å². The Morgan fingerprint density at radius 2 is 1.95 bits per heavy atom. The van der Waals surface area contributed by atoms with Crippen LogP contribution >= 0.6 is 0 Å². The lowest BCUT2D eigenvalue weighted by molar-refractivity contribution is -0.137. The first-order valence-corrected chi connectivity index (χ1v) is 6.41. The molecule has 1 fully saturated rings. The molecule has 0 unspecified atom stereocenters. The number of nitrogens with zero attached hydrogens (tertiary/aromatic N) is 2. The Morgan fingerprint density at radius 1 is 1.35 bits per heavy atom. The highest BCUT2D eigenvalue weighted by atomic mass is 16.4. The summed E-state index contributed by atoms with van der Waals surface area (Å²) in [7, 11) is 0. The minimum absolute atomic E-state index is 0.0354. The first kappa shape index (κ1) is 15.8. The van der Waals surface area contributed by atoms with Crippen LogP contribution < -0.4 is 5.73 Å². The van der Waals surface area contributed by atoms with Gasteiger partial charge in [0.25, 0.3) is 0 Å². The zero-order chi connectivity index (χ0) is 15.1. The number of carbonyl (C=O) groups is 3. The number of terminal acetylenes is 1. The molecule has 110 valence electrons. The SMILES string of the molecule is C#CCN(CC(=O)O)C(=O)N1CCC(CC(N)=O)CC1. The molecule has 20 heavy (non-hydrogen) atoms. The van der Waals surface area contributed by atoms with Gasteiger partial charge >= 0.3 is 12.0 Å².